The monoisotopic (exact) mass is 369 g/mol. The number of hydrogen-bond donors (Lipinski definition) is 0. The summed E-state index contributed by atoms with van der Waals surface area (Å²) in [4.78, 5) is 31.9. The number of aryl methyl sites for hydroxylation is 1. The Bertz CT molecular complexity index is 689. The van der Waals surface area contributed by atoms with E-state index in [0.29, 0.717) is 0 Å². The van der Waals surface area contributed by atoms with E-state index < -0.39 is 0 Å². The van der Waals surface area contributed by atoms with Crippen molar-refractivity contribution in [1.82, 2.24) is 9.80 Å². The summed E-state index contributed by atoms with van der Waals surface area (Å²) in [6, 6.07) is 8.54. The van der Waals surface area contributed by atoms with Gasteiger partial charge in [0.05, 0.1) is 11.8 Å². The molecule has 2 amide bonds. The van der Waals surface area contributed by atoms with E-state index in [2.05, 4.69) is 36.1 Å². The Kier molecular flexibility index (Phi) is 5.37. The van der Waals surface area contributed by atoms with Crippen LogP contribution in [-0.2, 0) is 9.59 Å². The maximum absolute atomic E-state index is 12.9. The van der Waals surface area contributed by atoms with Gasteiger partial charge in [-0.05, 0) is 43.9 Å². The number of benzene rings is 1. The normalized spacial score (nSPS) is 25.9. The minimum Gasteiger partial charge on any atom is -0.368 e. The summed E-state index contributed by atoms with van der Waals surface area (Å²) >= 11 is 0. The van der Waals surface area contributed by atoms with Crippen molar-refractivity contribution in [1.29, 1.82) is 0 Å². The van der Waals surface area contributed by atoms with Gasteiger partial charge < -0.3 is 14.7 Å². The van der Waals surface area contributed by atoms with E-state index in [1.165, 1.54) is 24.1 Å². The number of carbonyl (C=O) groups excluding carboxylic acids is 2. The van der Waals surface area contributed by atoms with Gasteiger partial charge >= 0.3 is 0 Å². The third kappa shape index (κ3) is 4.12. The summed E-state index contributed by atoms with van der Waals surface area (Å²) in [6.07, 6.45) is 5.42. The third-order valence-electron chi connectivity index (χ3n) is 6.30. The molecule has 1 aromatic carbocycles. The summed E-state index contributed by atoms with van der Waals surface area (Å²) in [7, 11) is 0. The molecule has 2 atom stereocenters. The average Bonchev–Trinajstić information content (AvgIpc) is 3.51. The van der Waals surface area contributed by atoms with E-state index in [1.807, 2.05) is 9.80 Å². The van der Waals surface area contributed by atoms with Crippen molar-refractivity contribution >= 4 is 17.5 Å². The Labute approximate surface area is 162 Å². The maximum atomic E-state index is 12.9. The lowest BCUT2D eigenvalue weighted by Gasteiger charge is -2.36. The molecule has 3 aliphatic rings. The first kappa shape index (κ1) is 18.3. The van der Waals surface area contributed by atoms with E-state index in [1.54, 1.807) is 0 Å². The minimum atomic E-state index is -0.0636. The SMILES string of the molecule is Cc1cccc(N2CCN(C(=O)C3CC3C(=O)N3CCCCCC3)CC2)c1. The molecular weight excluding hydrogens is 338 g/mol. The predicted octanol–water partition coefficient (Wildman–Crippen LogP) is 2.68. The minimum absolute atomic E-state index is 0.0506. The van der Waals surface area contributed by atoms with Crippen LogP contribution in [0.15, 0.2) is 24.3 Å². The lowest BCUT2D eigenvalue weighted by atomic mass is 10.1. The molecule has 27 heavy (non-hydrogen) atoms. The number of amides is 2. The van der Waals surface area contributed by atoms with Crippen molar-refractivity contribution in [3.05, 3.63) is 29.8 Å². The van der Waals surface area contributed by atoms with Crippen LogP contribution in [0.5, 0.6) is 0 Å². The first-order valence-electron chi connectivity index (χ1n) is 10.5. The zero-order valence-electron chi connectivity index (χ0n) is 16.4. The van der Waals surface area contributed by atoms with Crippen LogP contribution in [0, 0.1) is 18.8 Å². The molecule has 1 aliphatic carbocycles. The van der Waals surface area contributed by atoms with Crippen LogP contribution >= 0.6 is 0 Å². The first-order valence-corrected chi connectivity index (χ1v) is 10.5. The number of likely N-dealkylation sites (tertiary alicyclic amines) is 1. The van der Waals surface area contributed by atoms with Crippen molar-refractivity contribution in [3.63, 3.8) is 0 Å². The van der Waals surface area contributed by atoms with Crippen LogP contribution in [0.1, 0.15) is 37.7 Å². The molecule has 0 N–H and O–H groups in total. The highest BCUT2D eigenvalue weighted by Crippen LogP contribution is 2.42. The topological polar surface area (TPSA) is 43.9 Å². The first-order chi connectivity index (χ1) is 13.1. The number of anilines is 1. The van der Waals surface area contributed by atoms with Crippen molar-refractivity contribution in [2.75, 3.05) is 44.2 Å². The van der Waals surface area contributed by atoms with Crippen LogP contribution in [-0.4, -0.2) is 60.9 Å². The van der Waals surface area contributed by atoms with Gasteiger partial charge in [-0.3, -0.25) is 9.59 Å². The Morgan fingerprint density at radius 2 is 1.41 bits per heavy atom. The fourth-order valence-corrected chi connectivity index (χ4v) is 4.51. The molecule has 2 heterocycles. The number of nitrogens with zero attached hydrogens (tertiary/aromatic N) is 3. The van der Waals surface area contributed by atoms with Gasteiger partial charge in [0.25, 0.3) is 0 Å². The van der Waals surface area contributed by atoms with Crippen molar-refractivity contribution in [2.24, 2.45) is 11.8 Å². The lowest BCUT2D eigenvalue weighted by molar-refractivity contribution is -0.138. The van der Waals surface area contributed by atoms with Gasteiger partial charge in [0.1, 0.15) is 0 Å². The largest absolute Gasteiger partial charge is 0.368 e. The van der Waals surface area contributed by atoms with Gasteiger partial charge in [0.2, 0.25) is 11.8 Å². The molecule has 1 aromatic rings. The molecule has 2 unspecified atom stereocenters. The molecule has 4 rings (SSSR count). The molecule has 5 heteroatoms. The van der Waals surface area contributed by atoms with Gasteiger partial charge in [-0.25, -0.2) is 0 Å². The lowest BCUT2D eigenvalue weighted by Crippen LogP contribution is -2.49. The smallest absolute Gasteiger partial charge is 0.226 e. The molecule has 3 fully saturated rings. The fraction of sp³-hybridized carbons (Fsp3) is 0.636. The molecule has 0 aromatic heterocycles. The Morgan fingerprint density at radius 1 is 0.815 bits per heavy atom. The Balaban J connectivity index is 1.28. The predicted molar refractivity (Wildman–Crippen MR) is 107 cm³/mol. The van der Waals surface area contributed by atoms with E-state index in [4.69, 9.17) is 0 Å². The third-order valence-corrected chi connectivity index (χ3v) is 6.30. The van der Waals surface area contributed by atoms with Gasteiger partial charge in [0.15, 0.2) is 0 Å². The van der Waals surface area contributed by atoms with Gasteiger partial charge in [-0.15, -0.1) is 0 Å². The molecule has 0 radical (unpaired) electrons. The molecule has 0 bridgehead atoms. The molecule has 1 saturated carbocycles. The highest BCUT2D eigenvalue weighted by atomic mass is 16.2. The zero-order valence-corrected chi connectivity index (χ0v) is 16.4. The van der Waals surface area contributed by atoms with E-state index in [9.17, 15) is 9.59 Å². The number of hydrogen-bond acceptors (Lipinski definition) is 3. The standard InChI is InChI=1S/C22H31N3O2/c1-17-7-6-8-18(15-17)23-11-13-25(14-12-23)22(27)20-16-19(20)21(26)24-9-4-2-3-5-10-24/h6-8,15,19-20H,2-5,9-14,16H2,1H3. The number of rotatable bonds is 3. The zero-order chi connectivity index (χ0) is 18.8. The second-order valence-electron chi connectivity index (χ2n) is 8.34. The summed E-state index contributed by atoms with van der Waals surface area (Å²) in [5.74, 6) is 0.317. The fourth-order valence-electron chi connectivity index (χ4n) is 4.51. The van der Waals surface area contributed by atoms with Crippen LogP contribution in [0.2, 0.25) is 0 Å². The summed E-state index contributed by atoms with van der Waals surface area (Å²) in [6.45, 7) is 7.12. The van der Waals surface area contributed by atoms with Crippen LogP contribution in [0.25, 0.3) is 0 Å². The van der Waals surface area contributed by atoms with Gasteiger partial charge in [-0.2, -0.15) is 0 Å². The molecule has 146 valence electrons. The van der Waals surface area contributed by atoms with E-state index >= 15 is 0 Å². The second-order valence-corrected chi connectivity index (χ2v) is 8.34. The summed E-state index contributed by atoms with van der Waals surface area (Å²) < 4.78 is 0. The summed E-state index contributed by atoms with van der Waals surface area (Å²) in [5, 5.41) is 0. The van der Waals surface area contributed by atoms with Crippen molar-refractivity contribution < 1.29 is 9.59 Å². The van der Waals surface area contributed by atoms with Crippen molar-refractivity contribution in [3.8, 4) is 0 Å². The van der Waals surface area contributed by atoms with Gasteiger partial charge in [-0.1, -0.05) is 25.0 Å². The molecule has 2 aliphatic heterocycles. The molecule has 5 nitrogen and oxygen atoms in total. The highest BCUT2D eigenvalue weighted by Gasteiger charge is 2.51. The molecule has 2 saturated heterocycles. The average molecular weight is 370 g/mol. The molecular formula is C22H31N3O2. The quantitative estimate of drug-likeness (QED) is 0.823. The Hall–Kier alpha value is -2.04. The van der Waals surface area contributed by atoms with Crippen LogP contribution in [0.3, 0.4) is 0 Å². The maximum Gasteiger partial charge on any atom is 0.226 e. The number of piperazine rings is 1. The van der Waals surface area contributed by atoms with Crippen LogP contribution < -0.4 is 4.90 Å². The van der Waals surface area contributed by atoms with E-state index in [0.717, 1.165) is 58.5 Å². The van der Waals surface area contributed by atoms with Crippen molar-refractivity contribution in [2.45, 2.75) is 39.0 Å². The second kappa shape index (κ2) is 7.91. The van der Waals surface area contributed by atoms with E-state index in [-0.39, 0.29) is 23.7 Å². The molecule has 0 spiro atoms. The van der Waals surface area contributed by atoms with Gasteiger partial charge in [0, 0.05) is 45.0 Å². The summed E-state index contributed by atoms with van der Waals surface area (Å²) in [5.41, 5.74) is 2.50. The number of carbonyl (C=O) groups is 2. The Morgan fingerprint density at radius 3 is 2.00 bits per heavy atom. The van der Waals surface area contributed by atoms with Crippen LogP contribution in [0.4, 0.5) is 5.69 Å². The highest BCUT2D eigenvalue weighted by molar-refractivity contribution is 5.92.